The first-order valence-corrected chi connectivity index (χ1v) is 7.47. The SMILES string of the molecule is Cc1cc(C(=O)OCc2cccnc2)c2cnn(C(C)C)c2n1. The first kappa shape index (κ1) is 15.1. The summed E-state index contributed by atoms with van der Waals surface area (Å²) in [5.74, 6) is -0.382. The molecule has 0 bridgehead atoms. The Morgan fingerprint density at radius 1 is 1.35 bits per heavy atom. The first-order chi connectivity index (χ1) is 11.1. The van der Waals surface area contributed by atoms with Crippen LogP contribution in [0.5, 0.6) is 0 Å². The molecule has 3 aromatic heterocycles. The van der Waals surface area contributed by atoms with Crippen LogP contribution in [0.4, 0.5) is 0 Å². The third-order valence-electron chi connectivity index (χ3n) is 3.50. The van der Waals surface area contributed by atoms with Gasteiger partial charge in [0.05, 0.1) is 17.1 Å². The minimum atomic E-state index is -0.382. The van der Waals surface area contributed by atoms with Crippen LogP contribution in [0.1, 0.15) is 41.5 Å². The summed E-state index contributed by atoms with van der Waals surface area (Å²) in [6, 6.07) is 5.58. The third-order valence-corrected chi connectivity index (χ3v) is 3.50. The highest BCUT2D eigenvalue weighted by Crippen LogP contribution is 2.22. The molecule has 0 amide bonds. The maximum absolute atomic E-state index is 12.5. The van der Waals surface area contributed by atoms with Gasteiger partial charge in [0.1, 0.15) is 6.61 Å². The number of aryl methyl sites for hydroxylation is 1. The second-order valence-electron chi connectivity index (χ2n) is 5.67. The molecule has 0 spiro atoms. The van der Waals surface area contributed by atoms with Crippen molar-refractivity contribution in [2.45, 2.75) is 33.4 Å². The lowest BCUT2D eigenvalue weighted by Gasteiger charge is -2.09. The maximum Gasteiger partial charge on any atom is 0.339 e. The van der Waals surface area contributed by atoms with Crippen LogP contribution in [-0.4, -0.2) is 25.7 Å². The van der Waals surface area contributed by atoms with E-state index < -0.39 is 0 Å². The van der Waals surface area contributed by atoms with Gasteiger partial charge >= 0.3 is 5.97 Å². The summed E-state index contributed by atoms with van der Waals surface area (Å²) >= 11 is 0. The van der Waals surface area contributed by atoms with Crippen LogP contribution in [0.25, 0.3) is 11.0 Å². The zero-order valence-electron chi connectivity index (χ0n) is 13.4. The van der Waals surface area contributed by atoms with E-state index in [0.717, 1.165) is 11.3 Å². The van der Waals surface area contributed by atoms with Crippen LogP contribution in [0.15, 0.2) is 36.8 Å². The fourth-order valence-electron chi connectivity index (χ4n) is 2.40. The van der Waals surface area contributed by atoms with E-state index in [-0.39, 0.29) is 18.6 Å². The molecule has 0 aliphatic heterocycles. The van der Waals surface area contributed by atoms with E-state index in [1.54, 1.807) is 29.3 Å². The van der Waals surface area contributed by atoms with Gasteiger partial charge in [-0.05, 0) is 32.9 Å². The van der Waals surface area contributed by atoms with Gasteiger partial charge in [0.15, 0.2) is 5.65 Å². The predicted molar refractivity (Wildman–Crippen MR) is 86.0 cm³/mol. The van der Waals surface area contributed by atoms with Gasteiger partial charge in [-0.2, -0.15) is 5.10 Å². The lowest BCUT2D eigenvalue weighted by molar-refractivity contribution is 0.0474. The Morgan fingerprint density at radius 3 is 2.87 bits per heavy atom. The van der Waals surface area contributed by atoms with Gasteiger partial charge in [-0.15, -0.1) is 0 Å². The molecule has 23 heavy (non-hydrogen) atoms. The molecule has 0 saturated carbocycles. The van der Waals surface area contributed by atoms with Crippen molar-refractivity contribution in [1.29, 1.82) is 0 Å². The largest absolute Gasteiger partial charge is 0.457 e. The summed E-state index contributed by atoms with van der Waals surface area (Å²) in [4.78, 5) is 21.0. The number of ether oxygens (including phenoxy) is 1. The normalized spacial score (nSPS) is 11.1. The molecule has 3 aromatic rings. The second-order valence-corrected chi connectivity index (χ2v) is 5.67. The minimum absolute atomic E-state index is 0.168. The molecule has 3 rings (SSSR count). The fraction of sp³-hybridized carbons (Fsp3) is 0.294. The molecule has 0 unspecified atom stereocenters. The Balaban J connectivity index is 1.91. The summed E-state index contributed by atoms with van der Waals surface area (Å²) in [5.41, 5.74) is 2.80. The number of nitrogens with zero attached hydrogens (tertiary/aromatic N) is 4. The molecule has 0 saturated heterocycles. The first-order valence-electron chi connectivity index (χ1n) is 7.47. The van der Waals surface area contributed by atoms with Crippen molar-refractivity contribution < 1.29 is 9.53 Å². The van der Waals surface area contributed by atoms with Gasteiger partial charge in [0.25, 0.3) is 0 Å². The molecule has 0 atom stereocenters. The monoisotopic (exact) mass is 310 g/mol. The molecular formula is C17H18N4O2. The molecule has 6 nitrogen and oxygen atoms in total. The van der Waals surface area contributed by atoms with Gasteiger partial charge in [0, 0.05) is 29.7 Å². The van der Waals surface area contributed by atoms with E-state index in [2.05, 4.69) is 15.1 Å². The number of hydrogen-bond acceptors (Lipinski definition) is 5. The zero-order chi connectivity index (χ0) is 16.4. The number of carbonyl (C=O) groups excluding carboxylic acids is 1. The second kappa shape index (κ2) is 6.16. The van der Waals surface area contributed by atoms with E-state index in [4.69, 9.17) is 4.74 Å². The average molecular weight is 310 g/mol. The molecule has 118 valence electrons. The lowest BCUT2D eigenvalue weighted by atomic mass is 10.1. The number of fused-ring (bicyclic) bond motifs is 1. The molecule has 0 aliphatic carbocycles. The molecular weight excluding hydrogens is 292 g/mol. The molecule has 0 fully saturated rings. The van der Waals surface area contributed by atoms with Crippen LogP contribution in [0.2, 0.25) is 0 Å². The topological polar surface area (TPSA) is 69.9 Å². The van der Waals surface area contributed by atoms with Gasteiger partial charge < -0.3 is 4.74 Å². The molecule has 0 radical (unpaired) electrons. The van der Waals surface area contributed by atoms with Crippen molar-refractivity contribution in [3.05, 3.63) is 53.6 Å². The number of hydrogen-bond donors (Lipinski definition) is 0. The predicted octanol–water partition coefficient (Wildman–Crippen LogP) is 3.07. The van der Waals surface area contributed by atoms with Gasteiger partial charge in [-0.25, -0.2) is 14.5 Å². The maximum atomic E-state index is 12.5. The highest BCUT2D eigenvalue weighted by molar-refractivity contribution is 6.02. The number of carbonyl (C=O) groups is 1. The van der Waals surface area contributed by atoms with Gasteiger partial charge in [-0.1, -0.05) is 6.07 Å². The van der Waals surface area contributed by atoms with E-state index >= 15 is 0 Å². The van der Waals surface area contributed by atoms with Crippen LogP contribution >= 0.6 is 0 Å². The van der Waals surface area contributed by atoms with Crippen LogP contribution < -0.4 is 0 Å². The Bertz CT molecular complexity index is 840. The standard InChI is InChI=1S/C17H18N4O2/c1-11(2)21-16-15(9-19-21)14(7-12(3)20-16)17(22)23-10-13-5-4-6-18-8-13/h4-9,11H,10H2,1-3H3. The summed E-state index contributed by atoms with van der Waals surface area (Å²) in [5, 5.41) is 5.04. The van der Waals surface area contributed by atoms with Crippen molar-refractivity contribution >= 4 is 17.0 Å². The Morgan fingerprint density at radius 2 is 2.17 bits per heavy atom. The zero-order valence-corrected chi connectivity index (χ0v) is 13.4. The Hall–Kier alpha value is -2.76. The van der Waals surface area contributed by atoms with E-state index in [1.165, 1.54) is 0 Å². The third kappa shape index (κ3) is 3.06. The average Bonchev–Trinajstić information content (AvgIpc) is 2.96. The molecule has 3 heterocycles. The molecule has 0 aromatic carbocycles. The highest BCUT2D eigenvalue weighted by Gasteiger charge is 2.18. The van der Waals surface area contributed by atoms with Gasteiger partial charge in [0.2, 0.25) is 0 Å². The Kier molecular flexibility index (Phi) is 4.06. The quantitative estimate of drug-likeness (QED) is 0.693. The Labute approximate surface area is 134 Å². The number of aromatic nitrogens is 4. The van der Waals surface area contributed by atoms with Crippen molar-refractivity contribution in [1.82, 2.24) is 19.7 Å². The molecule has 0 N–H and O–H groups in total. The van der Waals surface area contributed by atoms with Crippen molar-refractivity contribution in [2.24, 2.45) is 0 Å². The van der Waals surface area contributed by atoms with E-state index in [0.29, 0.717) is 16.6 Å². The van der Waals surface area contributed by atoms with Crippen LogP contribution in [0, 0.1) is 6.92 Å². The van der Waals surface area contributed by atoms with Gasteiger partial charge in [-0.3, -0.25) is 4.98 Å². The summed E-state index contributed by atoms with van der Waals surface area (Å²) in [6.07, 6.45) is 5.03. The number of rotatable bonds is 4. The molecule has 6 heteroatoms. The highest BCUT2D eigenvalue weighted by atomic mass is 16.5. The summed E-state index contributed by atoms with van der Waals surface area (Å²) < 4.78 is 7.21. The summed E-state index contributed by atoms with van der Waals surface area (Å²) in [7, 11) is 0. The fourth-order valence-corrected chi connectivity index (χ4v) is 2.40. The number of pyridine rings is 2. The van der Waals surface area contributed by atoms with Crippen molar-refractivity contribution in [3.8, 4) is 0 Å². The van der Waals surface area contributed by atoms with E-state index in [1.807, 2.05) is 32.9 Å². The van der Waals surface area contributed by atoms with Crippen molar-refractivity contribution in [2.75, 3.05) is 0 Å². The lowest BCUT2D eigenvalue weighted by Crippen LogP contribution is -2.08. The van der Waals surface area contributed by atoms with E-state index in [9.17, 15) is 4.79 Å². The smallest absolute Gasteiger partial charge is 0.339 e. The minimum Gasteiger partial charge on any atom is -0.457 e. The van der Waals surface area contributed by atoms with Crippen LogP contribution in [-0.2, 0) is 11.3 Å². The molecule has 0 aliphatic rings. The van der Waals surface area contributed by atoms with Crippen molar-refractivity contribution in [3.63, 3.8) is 0 Å². The number of esters is 1. The summed E-state index contributed by atoms with van der Waals surface area (Å²) in [6.45, 7) is 6.09. The van der Waals surface area contributed by atoms with Crippen LogP contribution in [0.3, 0.4) is 0 Å².